The number of amides is 1. The van der Waals surface area contributed by atoms with Gasteiger partial charge in [-0.25, -0.2) is 0 Å². The van der Waals surface area contributed by atoms with Crippen LogP contribution in [-0.2, 0) is 4.79 Å². The van der Waals surface area contributed by atoms with Gasteiger partial charge in [0, 0.05) is 19.1 Å². The third-order valence-corrected chi connectivity index (χ3v) is 3.93. The number of likely N-dealkylation sites (tertiary alicyclic amines) is 1. The van der Waals surface area contributed by atoms with Gasteiger partial charge in [-0.15, -0.1) is 0 Å². The molecule has 1 heterocycles. The third-order valence-electron chi connectivity index (χ3n) is 3.93. The van der Waals surface area contributed by atoms with E-state index in [0.29, 0.717) is 6.04 Å². The van der Waals surface area contributed by atoms with E-state index in [1.165, 1.54) is 0 Å². The molecule has 1 amide bonds. The lowest BCUT2D eigenvalue weighted by Crippen LogP contribution is -2.54. The Morgan fingerprint density at radius 1 is 1.33 bits per heavy atom. The molecule has 18 heavy (non-hydrogen) atoms. The Labute approximate surface area is 112 Å². The average Bonchev–Trinajstić information content (AvgIpc) is 2.79. The largest absolute Gasteiger partial charge is 0.339 e. The summed E-state index contributed by atoms with van der Waals surface area (Å²) in [4.78, 5) is 16.9. The number of rotatable bonds is 6. The van der Waals surface area contributed by atoms with Gasteiger partial charge >= 0.3 is 0 Å². The molecule has 1 unspecified atom stereocenters. The molecular weight excluding hydrogens is 226 g/mol. The molecule has 0 aromatic rings. The van der Waals surface area contributed by atoms with Crippen molar-refractivity contribution in [2.75, 3.05) is 32.7 Å². The fraction of sp³-hybridized carbons (Fsp3) is 0.929. The second-order valence-electron chi connectivity index (χ2n) is 5.57. The summed E-state index contributed by atoms with van der Waals surface area (Å²) in [6, 6.07) is 0.543. The van der Waals surface area contributed by atoms with Crippen molar-refractivity contribution in [2.24, 2.45) is 0 Å². The van der Waals surface area contributed by atoms with Gasteiger partial charge in [-0.05, 0) is 39.9 Å². The molecule has 1 saturated heterocycles. The summed E-state index contributed by atoms with van der Waals surface area (Å²) in [5.74, 6) is 0.235. The molecule has 1 fully saturated rings. The molecule has 1 aliphatic heterocycles. The summed E-state index contributed by atoms with van der Waals surface area (Å²) in [6.45, 7) is 15.1. The topological polar surface area (TPSA) is 35.6 Å². The van der Waals surface area contributed by atoms with Crippen molar-refractivity contribution in [1.82, 2.24) is 15.1 Å². The van der Waals surface area contributed by atoms with Gasteiger partial charge in [0.25, 0.3) is 0 Å². The highest BCUT2D eigenvalue weighted by Crippen LogP contribution is 2.19. The molecule has 106 valence electrons. The summed E-state index contributed by atoms with van der Waals surface area (Å²) in [6.07, 6.45) is 1.11. The summed E-state index contributed by atoms with van der Waals surface area (Å²) in [5.41, 5.74) is -0.438. The number of carbonyl (C=O) groups excluding carboxylic acids is 1. The van der Waals surface area contributed by atoms with E-state index < -0.39 is 5.54 Å². The maximum absolute atomic E-state index is 12.4. The molecule has 0 aliphatic carbocycles. The van der Waals surface area contributed by atoms with Gasteiger partial charge in [0.2, 0.25) is 5.91 Å². The van der Waals surface area contributed by atoms with Crippen LogP contribution in [0.1, 0.15) is 41.0 Å². The first-order chi connectivity index (χ1) is 8.46. The highest BCUT2D eigenvalue weighted by molar-refractivity contribution is 5.85. The number of carbonyl (C=O) groups is 1. The molecule has 0 bridgehead atoms. The number of hydrogen-bond donors (Lipinski definition) is 1. The Bertz CT molecular complexity index is 274. The van der Waals surface area contributed by atoms with E-state index >= 15 is 0 Å². The molecular formula is C14H29N3O. The number of likely N-dealkylation sites (N-methyl/N-ethyl adjacent to an activating group) is 2. The van der Waals surface area contributed by atoms with Crippen molar-refractivity contribution in [3.05, 3.63) is 0 Å². The molecule has 0 aromatic carbocycles. The molecule has 1 atom stereocenters. The average molecular weight is 255 g/mol. The normalized spacial score (nSPS) is 20.8. The second-order valence-corrected chi connectivity index (χ2v) is 5.57. The lowest BCUT2D eigenvalue weighted by Gasteiger charge is -2.31. The Morgan fingerprint density at radius 3 is 2.44 bits per heavy atom. The van der Waals surface area contributed by atoms with Crippen LogP contribution >= 0.6 is 0 Å². The minimum atomic E-state index is -0.438. The molecule has 4 nitrogen and oxygen atoms in total. The van der Waals surface area contributed by atoms with Crippen molar-refractivity contribution in [3.8, 4) is 0 Å². The molecule has 0 aromatic heterocycles. The molecule has 1 aliphatic rings. The van der Waals surface area contributed by atoms with Gasteiger partial charge in [0.1, 0.15) is 0 Å². The van der Waals surface area contributed by atoms with Crippen molar-refractivity contribution >= 4 is 5.91 Å². The molecule has 0 saturated carbocycles. The predicted octanol–water partition coefficient (Wildman–Crippen LogP) is 1.32. The lowest BCUT2D eigenvalue weighted by atomic mass is 10.0. The highest BCUT2D eigenvalue weighted by atomic mass is 16.2. The smallest absolute Gasteiger partial charge is 0.242 e. The maximum atomic E-state index is 12.4. The van der Waals surface area contributed by atoms with Crippen molar-refractivity contribution in [2.45, 2.75) is 52.6 Å². The van der Waals surface area contributed by atoms with E-state index in [0.717, 1.165) is 39.1 Å². The number of nitrogens with one attached hydrogen (secondary N) is 1. The van der Waals surface area contributed by atoms with Gasteiger partial charge < -0.3 is 10.2 Å². The minimum absolute atomic E-state index is 0.235. The van der Waals surface area contributed by atoms with Crippen LogP contribution in [0.25, 0.3) is 0 Å². The molecule has 4 heteroatoms. The van der Waals surface area contributed by atoms with Crippen LogP contribution in [-0.4, -0.2) is 60.0 Å². The fourth-order valence-electron chi connectivity index (χ4n) is 2.88. The second kappa shape index (κ2) is 6.53. The fourth-order valence-corrected chi connectivity index (χ4v) is 2.88. The maximum Gasteiger partial charge on any atom is 0.242 e. The lowest BCUT2D eigenvalue weighted by molar-refractivity contribution is -0.136. The van der Waals surface area contributed by atoms with Crippen LogP contribution in [0.4, 0.5) is 0 Å². The zero-order valence-corrected chi connectivity index (χ0v) is 12.6. The van der Waals surface area contributed by atoms with Gasteiger partial charge in [-0.3, -0.25) is 9.69 Å². The summed E-state index contributed by atoms with van der Waals surface area (Å²) < 4.78 is 0. The van der Waals surface area contributed by atoms with Gasteiger partial charge in [0.15, 0.2) is 0 Å². The van der Waals surface area contributed by atoms with Gasteiger partial charge in [0.05, 0.1) is 5.54 Å². The zero-order valence-electron chi connectivity index (χ0n) is 12.6. The Kier molecular flexibility index (Phi) is 5.60. The molecule has 1 rings (SSSR count). The Hall–Kier alpha value is -0.610. The van der Waals surface area contributed by atoms with Crippen LogP contribution < -0.4 is 5.32 Å². The van der Waals surface area contributed by atoms with Crippen molar-refractivity contribution in [3.63, 3.8) is 0 Å². The first-order valence-corrected chi connectivity index (χ1v) is 7.24. The van der Waals surface area contributed by atoms with Gasteiger partial charge in [-0.1, -0.05) is 20.8 Å². The van der Waals surface area contributed by atoms with Crippen LogP contribution in [0, 0.1) is 0 Å². The van der Waals surface area contributed by atoms with Crippen LogP contribution in [0.2, 0.25) is 0 Å². The molecule has 0 spiro atoms. The van der Waals surface area contributed by atoms with Gasteiger partial charge in [-0.2, -0.15) is 0 Å². The monoisotopic (exact) mass is 255 g/mol. The highest BCUT2D eigenvalue weighted by Gasteiger charge is 2.36. The SMILES string of the molecule is CCNC(C)(C)C(=O)N1CCC(N(CC)CC)C1. The third kappa shape index (κ3) is 3.45. The standard InChI is InChI=1S/C14H29N3O/c1-6-15-14(4,5)13(18)17-10-9-12(11-17)16(7-2)8-3/h12,15H,6-11H2,1-5H3. The summed E-state index contributed by atoms with van der Waals surface area (Å²) >= 11 is 0. The van der Waals surface area contributed by atoms with Crippen molar-refractivity contribution < 1.29 is 4.79 Å². The van der Waals surface area contributed by atoms with Crippen LogP contribution in [0.15, 0.2) is 0 Å². The van der Waals surface area contributed by atoms with E-state index in [1.807, 2.05) is 25.7 Å². The van der Waals surface area contributed by atoms with E-state index in [4.69, 9.17) is 0 Å². The Balaban J connectivity index is 2.58. The van der Waals surface area contributed by atoms with E-state index in [9.17, 15) is 4.79 Å². The summed E-state index contributed by atoms with van der Waals surface area (Å²) in [7, 11) is 0. The van der Waals surface area contributed by atoms with Crippen molar-refractivity contribution in [1.29, 1.82) is 0 Å². The van der Waals surface area contributed by atoms with E-state index in [-0.39, 0.29) is 5.91 Å². The predicted molar refractivity (Wildman–Crippen MR) is 75.7 cm³/mol. The first kappa shape index (κ1) is 15.4. The minimum Gasteiger partial charge on any atom is -0.339 e. The van der Waals surface area contributed by atoms with E-state index in [1.54, 1.807) is 0 Å². The quantitative estimate of drug-likeness (QED) is 0.777. The first-order valence-electron chi connectivity index (χ1n) is 7.24. The molecule has 0 radical (unpaired) electrons. The Morgan fingerprint density at radius 2 is 1.94 bits per heavy atom. The van der Waals surface area contributed by atoms with Crippen LogP contribution in [0.3, 0.4) is 0 Å². The van der Waals surface area contributed by atoms with E-state index in [2.05, 4.69) is 24.1 Å². The summed E-state index contributed by atoms with van der Waals surface area (Å²) in [5, 5.41) is 3.27. The number of hydrogen-bond acceptors (Lipinski definition) is 3. The zero-order chi connectivity index (χ0) is 13.8. The molecule has 1 N–H and O–H groups in total. The van der Waals surface area contributed by atoms with Crippen LogP contribution in [0.5, 0.6) is 0 Å². The number of nitrogens with zero attached hydrogens (tertiary/aromatic N) is 2.